The topological polar surface area (TPSA) is 59.9 Å². The number of carbonyl (C=O) groups is 1. The maximum absolute atomic E-state index is 12.1. The number of nitrogens with zero attached hydrogens (tertiary/aromatic N) is 1. The highest BCUT2D eigenvalue weighted by atomic mass is 35.5. The normalized spacial score (nSPS) is 11.0. The van der Waals surface area contributed by atoms with E-state index in [0.29, 0.717) is 32.7 Å². The van der Waals surface area contributed by atoms with Gasteiger partial charge in [-0.15, -0.1) is 0 Å². The van der Waals surface area contributed by atoms with Gasteiger partial charge in [-0.05, 0) is 43.7 Å². The summed E-state index contributed by atoms with van der Waals surface area (Å²) in [4.78, 5) is 12.1. The van der Waals surface area contributed by atoms with Crippen LogP contribution in [0.3, 0.4) is 0 Å². The predicted molar refractivity (Wildman–Crippen MR) is 100 cm³/mol. The lowest BCUT2D eigenvalue weighted by Gasteiger charge is -2.13. The van der Waals surface area contributed by atoms with E-state index in [2.05, 4.69) is 10.5 Å². The zero-order valence-electron chi connectivity index (χ0n) is 14.0. The molecule has 1 N–H and O–H groups in total. The third kappa shape index (κ3) is 5.11. The average Bonchev–Trinajstić information content (AvgIpc) is 2.57. The van der Waals surface area contributed by atoms with Crippen LogP contribution in [0.4, 0.5) is 0 Å². The molecule has 0 aromatic heterocycles. The summed E-state index contributed by atoms with van der Waals surface area (Å²) in [5, 5.41) is 4.68. The SMILES string of the molecule is COc1ccccc1C(=O)N/N=C/c1cc(Cl)c(OC(C)C)c(Cl)c1. The number of carbonyl (C=O) groups excluding carboxylic acids is 1. The van der Waals surface area contributed by atoms with Crippen LogP contribution in [0.1, 0.15) is 29.8 Å². The fraction of sp³-hybridized carbons (Fsp3) is 0.222. The minimum absolute atomic E-state index is 0.0466. The molecule has 0 radical (unpaired) electrons. The number of hydrazone groups is 1. The zero-order chi connectivity index (χ0) is 18.4. The van der Waals surface area contributed by atoms with Gasteiger partial charge in [0, 0.05) is 0 Å². The molecule has 5 nitrogen and oxygen atoms in total. The molecule has 7 heteroatoms. The Bertz CT molecular complexity index is 769. The molecule has 0 spiro atoms. The monoisotopic (exact) mass is 380 g/mol. The number of hydrogen-bond acceptors (Lipinski definition) is 4. The van der Waals surface area contributed by atoms with E-state index in [4.69, 9.17) is 32.7 Å². The predicted octanol–water partition coefficient (Wildman–Crippen LogP) is 4.55. The van der Waals surface area contributed by atoms with Crippen molar-refractivity contribution in [2.45, 2.75) is 20.0 Å². The van der Waals surface area contributed by atoms with Crippen molar-refractivity contribution in [1.82, 2.24) is 5.43 Å². The smallest absolute Gasteiger partial charge is 0.275 e. The first-order valence-corrected chi connectivity index (χ1v) is 8.30. The Kier molecular flexibility index (Phi) is 6.67. The highest BCUT2D eigenvalue weighted by molar-refractivity contribution is 6.37. The lowest BCUT2D eigenvalue weighted by atomic mass is 10.2. The summed E-state index contributed by atoms with van der Waals surface area (Å²) in [6, 6.07) is 10.2. The fourth-order valence-corrected chi connectivity index (χ4v) is 2.65. The summed E-state index contributed by atoms with van der Waals surface area (Å²) in [6.45, 7) is 3.77. The second-order valence-corrected chi connectivity index (χ2v) is 6.19. The Morgan fingerprint density at radius 1 is 1.20 bits per heavy atom. The second kappa shape index (κ2) is 8.74. The second-order valence-electron chi connectivity index (χ2n) is 5.38. The third-order valence-corrected chi connectivity index (χ3v) is 3.67. The van der Waals surface area contributed by atoms with Crippen molar-refractivity contribution in [3.8, 4) is 11.5 Å². The largest absolute Gasteiger partial charge is 0.496 e. The van der Waals surface area contributed by atoms with Gasteiger partial charge >= 0.3 is 0 Å². The van der Waals surface area contributed by atoms with Crippen molar-refractivity contribution >= 4 is 35.3 Å². The number of nitrogens with one attached hydrogen (secondary N) is 1. The van der Waals surface area contributed by atoms with Gasteiger partial charge in [0.1, 0.15) is 5.75 Å². The summed E-state index contributed by atoms with van der Waals surface area (Å²) in [7, 11) is 1.50. The van der Waals surface area contributed by atoms with E-state index in [-0.39, 0.29) is 12.0 Å². The summed E-state index contributed by atoms with van der Waals surface area (Å²) < 4.78 is 10.7. The van der Waals surface area contributed by atoms with Gasteiger partial charge < -0.3 is 9.47 Å². The molecule has 0 saturated heterocycles. The Balaban J connectivity index is 2.11. The molecule has 0 bridgehead atoms. The summed E-state index contributed by atoms with van der Waals surface area (Å²) in [6.07, 6.45) is 1.40. The quantitative estimate of drug-likeness (QED) is 0.590. The first-order chi connectivity index (χ1) is 11.9. The first-order valence-electron chi connectivity index (χ1n) is 7.54. The van der Waals surface area contributed by atoms with Crippen molar-refractivity contribution in [2.24, 2.45) is 5.10 Å². The van der Waals surface area contributed by atoms with Crippen LogP contribution in [0.2, 0.25) is 10.0 Å². The third-order valence-electron chi connectivity index (χ3n) is 3.11. The van der Waals surface area contributed by atoms with Crippen LogP contribution in [-0.4, -0.2) is 25.3 Å². The Hall–Kier alpha value is -2.24. The molecular weight excluding hydrogens is 363 g/mol. The lowest BCUT2D eigenvalue weighted by molar-refractivity contribution is 0.0952. The van der Waals surface area contributed by atoms with E-state index in [0.717, 1.165) is 0 Å². The van der Waals surface area contributed by atoms with E-state index in [9.17, 15) is 4.79 Å². The molecule has 2 rings (SSSR count). The summed E-state index contributed by atoms with van der Waals surface area (Å²) >= 11 is 12.4. The number of benzene rings is 2. The molecule has 0 aliphatic carbocycles. The van der Waals surface area contributed by atoms with Crippen LogP contribution in [0.5, 0.6) is 11.5 Å². The van der Waals surface area contributed by atoms with E-state index in [1.807, 2.05) is 13.8 Å². The maximum Gasteiger partial charge on any atom is 0.275 e. The van der Waals surface area contributed by atoms with Gasteiger partial charge in [0.15, 0.2) is 5.75 Å². The van der Waals surface area contributed by atoms with E-state index < -0.39 is 0 Å². The van der Waals surface area contributed by atoms with E-state index in [1.54, 1.807) is 36.4 Å². The van der Waals surface area contributed by atoms with Crippen LogP contribution in [0.15, 0.2) is 41.5 Å². The number of hydrogen-bond donors (Lipinski definition) is 1. The van der Waals surface area contributed by atoms with Crippen molar-refractivity contribution in [2.75, 3.05) is 7.11 Å². The van der Waals surface area contributed by atoms with Crippen LogP contribution in [0.25, 0.3) is 0 Å². The summed E-state index contributed by atoms with van der Waals surface area (Å²) in [5.41, 5.74) is 3.46. The Morgan fingerprint density at radius 2 is 1.84 bits per heavy atom. The van der Waals surface area contributed by atoms with Crippen LogP contribution in [0, 0.1) is 0 Å². The van der Waals surface area contributed by atoms with Crippen molar-refractivity contribution in [3.63, 3.8) is 0 Å². The molecule has 25 heavy (non-hydrogen) atoms. The molecule has 0 aliphatic heterocycles. The molecule has 0 unspecified atom stereocenters. The standard InChI is InChI=1S/C18H18Cl2N2O3/c1-11(2)25-17-14(19)8-12(9-15(17)20)10-21-22-18(23)13-6-4-5-7-16(13)24-3/h4-11H,1-3H3,(H,22,23)/b21-10+. The van der Waals surface area contributed by atoms with Gasteiger partial charge in [-0.1, -0.05) is 35.3 Å². The molecule has 132 valence electrons. The minimum atomic E-state index is -0.384. The number of methoxy groups -OCH3 is 1. The van der Waals surface area contributed by atoms with Crippen LogP contribution >= 0.6 is 23.2 Å². The molecule has 1 amide bonds. The summed E-state index contributed by atoms with van der Waals surface area (Å²) in [5.74, 6) is 0.510. The number of amides is 1. The molecule has 0 atom stereocenters. The van der Waals surface area contributed by atoms with E-state index >= 15 is 0 Å². The number of para-hydroxylation sites is 1. The average molecular weight is 381 g/mol. The first kappa shape index (κ1) is 19.1. The Labute approximate surface area is 156 Å². The molecule has 2 aromatic carbocycles. The van der Waals surface area contributed by atoms with Gasteiger partial charge in [0.2, 0.25) is 0 Å². The van der Waals surface area contributed by atoms with Crippen molar-refractivity contribution in [3.05, 3.63) is 57.6 Å². The van der Waals surface area contributed by atoms with Crippen LogP contribution < -0.4 is 14.9 Å². The van der Waals surface area contributed by atoms with Gasteiger partial charge in [0.05, 0.1) is 35.0 Å². The highest BCUT2D eigenvalue weighted by Crippen LogP contribution is 2.34. The lowest BCUT2D eigenvalue weighted by Crippen LogP contribution is -2.18. The molecule has 0 heterocycles. The van der Waals surface area contributed by atoms with E-state index in [1.165, 1.54) is 13.3 Å². The Morgan fingerprint density at radius 3 is 2.44 bits per heavy atom. The fourth-order valence-electron chi connectivity index (χ4n) is 2.06. The van der Waals surface area contributed by atoms with Crippen molar-refractivity contribution in [1.29, 1.82) is 0 Å². The minimum Gasteiger partial charge on any atom is -0.496 e. The number of ether oxygens (including phenoxy) is 2. The molecule has 0 aliphatic rings. The molecular formula is C18H18Cl2N2O3. The molecule has 0 saturated carbocycles. The number of rotatable bonds is 6. The molecule has 2 aromatic rings. The van der Waals surface area contributed by atoms with Gasteiger partial charge in [-0.3, -0.25) is 4.79 Å². The highest BCUT2D eigenvalue weighted by Gasteiger charge is 2.12. The zero-order valence-corrected chi connectivity index (χ0v) is 15.6. The van der Waals surface area contributed by atoms with Gasteiger partial charge in [-0.2, -0.15) is 5.10 Å². The van der Waals surface area contributed by atoms with Crippen molar-refractivity contribution < 1.29 is 14.3 Å². The van der Waals surface area contributed by atoms with Gasteiger partial charge in [-0.25, -0.2) is 5.43 Å². The molecule has 0 fully saturated rings. The number of halogens is 2. The van der Waals surface area contributed by atoms with Gasteiger partial charge in [0.25, 0.3) is 5.91 Å². The van der Waals surface area contributed by atoms with Crippen LogP contribution in [-0.2, 0) is 0 Å². The maximum atomic E-state index is 12.1.